The number of hydrogen-bond donors (Lipinski definition) is 1. The van der Waals surface area contributed by atoms with E-state index >= 15 is 0 Å². The SMILES string of the molecule is CCN1CCCC(c2nc(C3CCCN3)no2)C1. The third-order valence-corrected chi connectivity index (χ3v) is 4.13. The molecule has 0 aromatic carbocycles. The van der Waals surface area contributed by atoms with E-state index in [2.05, 4.69) is 27.3 Å². The van der Waals surface area contributed by atoms with Gasteiger partial charge in [0, 0.05) is 6.54 Å². The van der Waals surface area contributed by atoms with Gasteiger partial charge in [-0.05, 0) is 45.3 Å². The van der Waals surface area contributed by atoms with Crippen LogP contribution in [0.1, 0.15) is 56.3 Å². The summed E-state index contributed by atoms with van der Waals surface area (Å²) in [6.45, 7) is 6.67. The summed E-state index contributed by atoms with van der Waals surface area (Å²) in [6, 6.07) is 0.313. The lowest BCUT2D eigenvalue weighted by Crippen LogP contribution is -2.34. The van der Waals surface area contributed by atoms with Crippen LogP contribution in [0.25, 0.3) is 0 Å². The molecule has 5 nitrogen and oxygen atoms in total. The van der Waals surface area contributed by atoms with Gasteiger partial charge in [0.15, 0.2) is 5.82 Å². The average Bonchev–Trinajstić information content (AvgIpc) is 3.09. The van der Waals surface area contributed by atoms with Gasteiger partial charge < -0.3 is 14.7 Å². The highest BCUT2D eigenvalue weighted by molar-refractivity contribution is 5.01. The second kappa shape index (κ2) is 5.36. The van der Waals surface area contributed by atoms with E-state index in [0.717, 1.165) is 37.8 Å². The van der Waals surface area contributed by atoms with E-state index in [1.807, 2.05) is 0 Å². The molecule has 100 valence electrons. The zero-order valence-electron chi connectivity index (χ0n) is 11.1. The Hall–Kier alpha value is -0.940. The van der Waals surface area contributed by atoms with Crippen molar-refractivity contribution in [2.45, 2.75) is 44.6 Å². The normalized spacial score (nSPS) is 29.8. The second-order valence-corrected chi connectivity index (χ2v) is 5.37. The van der Waals surface area contributed by atoms with E-state index < -0.39 is 0 Å². The summed E-state index contributed by atoms with van der Waals surface area (Å²) in [5.74, 6) is 2.13. The number of piperidine rings is 1. The highest BCUT2D eigenvalue weighted by Gasteiger charge is 2.27. The van der Waals surface area contributed by atoms with Crippen LogP contribution in [0.3, 0.4) is 0 Å². The third-order valence-electron chi connectivity index (χ3n) is 4.13. The van der Waals surface area contributed by atoms with Crippen molar-refractivity contribution in [1.29, 1.82) is 0 Å². The number of nitrogens with zero attached hydrogens (tertiary/aromatic N) is 3. The zero-order valence-corrected chi connectivity index (χ0v) is 11.1. The summed E-state index contributed by atoms with van der Waals surface area (Å²) >= 11 is 0. The van der Waals surface area contributed by atoms with Gasteiger partial charge in [0.25, 0.3) is 0 Å². The van der Waals surface area contributed by atoms with E-state index in [-0.39, 0.29) is 0 Å². The molecular formula is C13H22N4O. The lowest BCUT2D eigenvalue weighted by molar-refractivity contribution is 0.194. The molecule has 0 aliphatic carbocycles. The van der Waals surface area contributed by atoms with Gasteiger partial charge in [0.2, 0.25) is 5.89 Å². The summed E-state index contributed by atoms with van der Waals surface area (Å²) in [5.41, 5.74) is 0. The highest BCUT2D eigenvalue weighted by Crippen LogP contribution is 2.27. The smallest absolute Gasteiger partial charge is 0.231 e. The predicted octanol–water partition coefficient (Wildman–Crippen LogP) is 1.69. The van der Waals surface area contributed by atoms with Gasteiger partial charge in [-0.15, -0.1) is 0 Å². The fraction of sp³-hybridized carbons (Fsp3) is 0.846. The molecule has 0 spiro atoms. The topological polar surface area (TPSA) is 54.2 Å². The van der Waals surface area contributed by atoms with Gasteiger partial charge in [0.1, 0.15) is 0 Å². The number of likely N-dealkylation sites (N-methyl/N-ethyl adjacent to an activating group) is 1. The Morgan fingerprint density at radius 2 is 2.33 bits per heavy atom. The Morgan fingerprint density at radius 3 is 3.11 bits per heavy atom. The van der Waals surface area contributed by atoms with Crippen molar-refractivity contribution in [2.24, 2.45) is 0 Å². The van der Waals surface area contributed by atoms with Crippen LogP contribution in [0.15, 0.2) is 4.52 Å². The quantitative estimate of drug-likeness (QED) is 0.884. The number of rotatable bonds is 3. The van der Waals surface area contributed by atoms with Crippen molar-refractivity contribution in [3.05, 3.63) is 11.7 Å². The zero-order chi connectivity index (χ0) is 12.4. The number of likely N-dealkylation sites (tertiary alicyclic amines) is 1. The Labute approximate surface area is 108 Å². The second-order valence-electron chi connectivity index (χ2n) is 5.37. The molecule has 18 heavy (non-hydrogen) atoms. The molecule has 2 saturated heterocycles. The first-order valence-electron chi connectivity index (χ1n) is 7.16. The minimum atomic E-state index is 0.313. The van der Waals surface area contributed by atoms with Gasteiger partial charge in [-0.2, -0.15) is 4.98 Å². The largest absolute Gasteiger partial charge is 0.339 e. The Balaban J connectivity index is 1.68. The maximum absolute atomic E-state index is 5.48. The van der Waals surface area contributed by atoms with E-state index in [1.54, 1.807) is 0 Å². The molecule has 2 fully saturated rings. The molecule has 5 heteroatoms. The molecule has 3 heterocycles. The first-order valence-corrected chi connectivity index (χ1v) is 7.16. The standard InChI is InChI=1S/C13H22N4O/c1-2-17-8-4-5-10(9-17)13-15-12(16-18-13)11-6-3-7-14-11/h10-11,14H,2-9H2,1H3. The molecule has 1 aromatic rings. The predicted molar refractivity (Wildman–Crippen MR) is 68.4 cm³/mol. The molecule has 2 unspecified atom stereocenters. The Kier molecular flexibility index (Phi) is 3.61. The van der Waals surface area contributed by atoms with Crippen molar-refractivity contribution in [3.8, 4) is 0 Å². The van der Waals surface area contributed by atoms with Crippen LogP contribution < -0.4 is 5.32 Å². The Bertz CT molecular complexity index is 386. The molecule has 1 N–H and O–H groups in total. The molecule has 0 radical (unpaired) electrons. The number of hydrogen-bond acceptors (Lipinski definition) is 5. The molecule has 2 atom stereocenters. The van der Waals surface area contributed by atoms with E-state index in [4.69, 9.17) is 4.52 Å². The minimum Gasteiger partial charge on any atom is -0.339 e. The van der Waals surface area contributed by atoms with Crippen molar-refractivity contribution < 1.29 is 4.52 Å². The van der Waals surface area contributed by atoms with Crippen LogP contribution in [-0.2, 0) is 0 Å². The van der Waals surface area contributed by atoms with Gasteiger partial charge >= 0.3 is 0 Å². The van der Waals surface area contributed by atoms with E-state index in [0.29, 0.717) is 12.0 Å². The summed E-state index contributed by atoms with van der Waals surface area (Å²) in [5, 5.41) is 7.57. The van der Waals surface area contributed by atoms with Gasteiger partial charge in [-0.3, -0.25) is 0 Å². The monoisotopic (exact) mass is 250 g/mol. The van der Waals surface area contributed by atoms with Crippen LogP contribution in [0.5, 0.6) is 0 Å². The van der Waals surface area contributed by atoms with Crippen LogP contribution in [0.4, 0.5) is 0 Å². The number of nitrogens with one attached hydrogen (secondary N) is 1. The van der Waals surface area contributed by atoms with Crippen LogP contribution in [0, 0.1) is 0 Å². The molecule has 0 saturated carbocycles. The van der Waals surface area contributed by atoms with Crippen molar-refractivity contribution in [2.75, 3.05) is 26.2 Å². The average molecular weight is 250 g/mol. The van der Waals surface area contributed by atoms with Crippen molar-refractivity contribution in [1.82, 2.24) is 20.4 Å². The summed E-state index contributed by atoms with van der Waals surface area (Å²) in [6.07, 6.45) is 4.75. The fourth-order valence-electron chi connectivity index (χ4n) is 3.00. The van der Waals surface area contributed by atoms with Gasteiger partial charge in [0.05, 0.1) is 12.0 Å². The van der Waals surface area contributed by atoms with Crippen molar-refractivity contribution >= 4 is 0 Å². The summed E-state index contributed by atoms with van der Waals surface area (Å²) in [7, 11) is 0. The van der Waals surface area contributed by atoms with Crippen LogP contribution >= 0.6 is 0 Å². The summed E-state index contributed by atoms with van der Waals surface area (Å²) < 4.78 is 5.48. The summed E-state index contributed by atoms with van der Waals surface area (Å²) in [4.78, 5) is 7.08. The number of aromatic nitrogens is 2. The lowest BCUT2D eigenvalue weighted by atomic mass is 9.98. The molecule has 0 bridgehead atoms. The minimum absolute atomic E-state index is 0.313. The van der Waals surface area contributed by atoms with Crippen LogP contribution in [-0.4, -0.2) is 41.2 Å². The molecular weight excluding hydrogens is 228 g/mol. The molecule has 1 aromatic heterocycles. The van der Waals surface area contributed by atoms with Gasteiger partial charge in [-0.1, -0.05) is 12.1 Å². The van der Waals surface area contributed by atoms with E-state index in [9.17, 15) is 0 Å². The van der Waals surface area contributed by atoms with Crippen molar-refractivity contribution in [3.63, 3.8) is 0 Å². The lowest BCUT2D eigenvalue weighted by Gasteiger charge is -2.29. The first kappa shape index (κ1) is 12.1. The highest BCUT2D eigenvalue weighted by atomic mass is 16.5. The molecule has 2 aliphatic rings. The van der Waals surface area contributed by atoms with E-state index in [1.165, 1.54) is 25.8 Å². The molecule has 2 aliphatic heterocycles. The fourth-order valence-corrected chi connectivity index (χ4v) is 3.00. The Morgan fingerprint density at radius 1 is 1.39 bits per heavy atom. The van der Waals surface area contributed by atoms with Crippen LogP contribution in [0.2, 0.25) is 0 Å². The maximum Gasteiger partial charge on any atom is 0.231 e. The van der Waals surface area contributed by atoms with Gasteiger partial charge in [-0.25, -0.2) is 0 Å². The molecule has 0 amide bonds. The maximum atomic E-state index is 5.48. The third kappa shape index (κ3) is 2.42. The first-order chi connectivity index (χ1) is 8.86. The molecule has 3 rings (SSSR count).